The van der Waals surface area contributed by atoms with Crippen molar-refractivity contribution in [3.05, 3.63) is 58.1 Å². The van der Waals surface area contributed by atoms with Crippen LogP contribution in [0.3, 0.4) is 0 Å². The predicted molar refractivity (Wildman–Crippen MR) is 124 cm³/mol. The molecular weight excluding hydrogens is 394 g/mol. The Bertz CT molecular complexity index is 1290. The summed E-state index contributed by atoms with van der Waals surface area (Å²) in [6, 6.07) is 8.86. The highest BCUT2D eigenvalue weighted by molar-refractivity contribution is 7.13. The summed E-state index contributed by atoms with van der Waals surface area (Å²) < 4.78 is 2.04. The van der Waals surface area contributed by atoms with Crippen molar-refractivity contribution in [3.63, 3.8) is 0 Å². The second-order valence-corrected chi connectivity index (χ2v) is 9.03. The lowest BCUT2D eigenvalue weighted by Crippen LogP contribution is -2.51. The molecule has 1 aliphatic rings. The maximum Gasteiger partial charge on any atom is 0.240 e. The smallest absolute Gasteiger partial charge is 0.240 e. The summed E-state index contributed by atoms with van der Waals surface area (Å²) in [6.45, 7) is 10.6. The molecule has 154 valence electrons. The normalized spacial score (nSPS) is 17.8. The van der Waals surface area contributed by atoms with E-state index in [1.807, 2.05) is 23.7 Å². The number of hydrogen-bond acceptors (Lipinski definition) is 6. The van der Waals surface area contributed by atoms with Crippen molar-refractivity contribution in [1.82, 2.24) is 19.3 Å². The lowest BCUT2D eigenvalue weighted by molar-refractivity contribution is 0.199. The Kier molecular flexibility index (Phi) is 4.79. The number of benzene rings is 1. The van der Waals surface area contributed by atoms with Crippen molar-refractivity contribution in [3.8, 4) is 10.6 Å². The number of aryl methyl sites for hydroxylation is 1. The van der Waals surface area contributed by atoms with Crippen LogP contribution in [-0.4, -0.2) is 51.5 Å². The highest BCUT2D eigenvalue weighted by atomic mass is 32.1. The van der Waals surface area contributed by atoms with E-state index in [-0.39, 0.29) is 4.74 Å². The SMILES string of the molecule is CCN1CCN(c2ccc3cc(-c4cn5cc(C)ncc5n4)sc(=O)c3c2)C[C@H]1C. The number of rotatable bonds is 3. The van der Waals surface area contributed by atoms with E-state index in [4.69, 9.17) is 0 Å². The Hall–Kier alpha value is -2.77. The zero-order chi connectivity index (χ0) is 20.8. The highest BCUT2D eigenvalue weighted by Gasteiger charge is 2.22. The Morgan fingerprint density at radius 2 is 2.07 bits per heavy atom. The molecule has 0 saturated carbocycles. The van der Waals surface area contributed by atoms with E-state index >= 15 is 0 Å². The molecule has 1 aliphatic heterocycles. The molecule has 0 spiro atoms. The molecule has 0 N–H and O–H groups in total. The first-order chi connectivity index (χ1) is 14.5. The fourth-order valence-corrected chi connectivity index (χ4v) is 5.19. The molecule has 0 bridgehead atoms. The number of piperazine rings is 1. The minimum absolute atomic E-state index is 0.0796. The largest absolute Gasteiger partial charge is 0.369 e. The van der Waals surface area contributed by atoms with Crippen LogP contribution in [0, 0.1) is 6.92 Å². The van der Waals surface area contributed by atoms with Crippen molar-refractivity contribution in [2.24, 2.45) is 0 Å². The lowest BCUT2D eigenvalue weighted by Gasteiger charge is -2.40. The fourth-order valence-electron chi connectivity index (χ4n) is 4.31. The summed E-state index contributed by atoms with van der Waals surface area (Å²) >= 11 is 1.26. The zero-order valence-electron chi connectivity index (χ0n) is 17.5. The number of fused-ring (bicyclic) bond motifs is 2. The van der Waals surface area contributed by atoms with Crippen molar-refractivity contribution >= 4 is 33.4 Å². The molecule has 0 radical (unpaired) electrons. The van der Waals surface area contributed by atoms with Crippen LogP contribution in [0.1, 0.15) is 19.5 Å². The van der Waals surface area contributed by atoms with Gasteiger partial charge in [-0.1, -0.05) is 24.3 Å². The standard InChI is InChI=1S/C23H25N5OS/c1-4-26-7-8-27(13-16(26)3)18-6-5-17-9-21(30-23(29)19(17)10-18)20-14-28-12-15(2)24-11-22(28)25-20/h5-6,9-12,14,16H,4,7-8,13H2,1-3H3/t16-/m1/s1. The van der Waals surface area contributed by atoms with Gasteiger partial charge in [-0.2, -0.15) is 0 Å². The summed E-state index contributed by atoms with van der Waals surface area (Å²) in [5.74, 6) is 0. The molecule has 0 amide bonds. The number of aromatic nitrogens is 3. The van der Waals surface area contributed by atoms with Crippen LogP contribution < -0.4 is 9.64 Å². The Morgan fingerprint density at radius 1 is 1.20 bits per heavy atom. The maximum atomic E-state index is 13.0. The van der Waals surface area contributed by atoms with Gasteiger partial charge in [0, 0.05) is 49.1 Å². The minimum Gasteiger partial charge on any atom is -0.369 e. The molecule has 0 aliphatic carbocycles. The Labute approximate surface area is 179 Å². The molecule has 5 rings (SSSR count). The van der Waals surface area contributed by atoms with Gasteiger partial charge >= 0.3 is 0 Å². The van der Waals surface area contributed by atoms with Gasteiger partial charge in [-0.05, 0) is 44.0 Å². The zero-order valence-corrected chi connectivity index (χ0v) is 18.3. The van der Waals surface area contributed by atoms with Gasteiger partial charge in [-0.25, -0.2) is 4.98 Å². The molecule has 30 heavy (non-hydrogen) atoms. The number of likely N-dealkylation sites (N-methyl/N-ethyl adjacent to an activating group) is 1. The summed E-state index contributed by atoms with van der Waals surface area (Å²) in [7, 11) is 0. The van der Waals surface area contributed by atoms with Crippen molar-refractivity contribution in [1.29, 1.82) is 0 Å². The third-order valence-corrected chi connectivity index (χ3v) is 6.96. The molecule has 6 nitrogen and oxygen atoms in total. The van der Waals surface area contributed by atoms with E-state index in [2.05, 4.69) is 57.9 Å². The molecule has 3 aromatic heterocycles. The molecule has 4 heterocycles. The summed E-state index contributed by atoms with van der Waals surface area (Å²) in [6.07, 6.45) is 5.67. The van der Waals surface area contributed by atoms with Crippen molar-refractivity contribution < 1.29 is 0 Å². The fraction of sp³-hybridized carbons (Fsp3) is 0.348. The Balaban J connectivity index is 1.50. The van der Waals surface area contributed by atoms with Crippen molar-refractivity contribution in [2.75, 3.05) is 31.1 Å². The molecular formula is C23H25N5OS. The third kappa shape index (κ3) is 3.38. The van der Waals surface area contributed by atoms with Gasteiger partial charge in [0.2, 0.25) is 4.74 Å². The van der Waals surface area contributed by atoms with Crippen LogP contribution in [0.15, 0.2) is 47.7 Å². The van der Waals surface area contributed by atoms with Gasteiger partial charge in [-0.3, -0.25) is 14.7 Å². The van der Waals surface area contributed by atoms with Crippen molar-refractivity contribution in [2.45, 2.75) is 26.8 Å². The van der Waals surface area contributed by atoms with E-state index in [1.165, 1.54) is 11.3 Å². The maximum absolute atomic E-state index is 13.0. The minimum atomic E-state index is 0.0796. The van der Waals surface area contributed by atoms with Gasteiger partial charge in [0.15, 0.2) is 5.65 Å². The number of imidazole rings is 1. The average Bonchev–Trinajstić information content (AvgIpc) is 3.16. The second-order valence-electron chi connectivity index (χ2n) is 8.01. The summed E-state index contributed by atoms with van der Waals surface area (Å²) in [5, 5.41) is 1.75. The predicted octanol–water partition coefficient (Wildman–Crippen LogP) is 3.81. The van der Waals surface area contributed by atoms with Crippen LogP contribution in [-0.2, 0) is 0 Å². The van der Waals surface area contributed by atoms with Gasteiger partial charge in [0.1, 0.15) is 0 Å². The molecule has 1 saturated heterocycles. The summed E-state index contributed by atoms with van der Waals surface area (Å²) in [4.78, 5) is 27.7. The van der Waals surface area contributed by atoms with Crippen LogP contribution in [0.4, 0.5) is 5.69 Å². The molecule has 1 fully saturated rings. The van der Waals surface area contributed by atoms with E-state index in [0.29, 0.717) is 6.04 Å². The molecule has 7 heteroatoms. The molecule has 0 unspecified atom stereocenters. The molecule has 1 atom stereocenters. The van der Waals surface area contributed by atoms with Gasteiger partial charge in [0.05, 0.1) is 22.5 Å². The van der Waals surface area contributed by atoms with Gasteiger partial charge < -0.3 is 9.30 Å². The first kappa shape index (κ1) is 19.2. The van der Waals surface area contributed by atoms with Gasteiger partial charge in [0.25, 0.3) is 0 Å². The second kappa shape index (κ2) is 7.49. The van der Waals surface area contributed by atoms with E-state index < -0.39 is 0 Å². The van der Waals surface area contributed by atoms with E-state index in [1.54, 1.807) is 6.20 Å². The van der Waals surface area contributed by atoms with Crippen LogP contribution in [0.2, 0.25) is 0 Å². The average molecular weight is 420 g/mol. The van der Waals surface area contributed by atoms with E-state index in [0.717, 1.165) is 64.6 Å². The first-order valence-corrected chi connectivity index (χ1v) is 11.2. The highest BCUT2D eigenvalue weighted by Crippen LogP contribution is 2.28. The van der Waals surface area contributed by atoms with Crippen LogP contribution >= 0.6 is 11.3 Å². The first-order valence-electron chi connectivity index (χ1n) is 10.4. The quantitative estimate of drug-likeness (QED) is 0.505. The van der Waals surface area contributed by atoms with Gasteiger partial charge in [-0.15, -0.1) is 0 Å². The van der Waals surface area contributed by atoms with Crippen LogP contribution in [0.25, 0.3) is 27.0 Å². The topological polar surface area (TPSA) is 53.7 Å². The monoisotopic (exact) mass is 419 g/mol. The molecule has 4 aromatic rings. The number of hydrogen-bond donors (Lipinski definition) is 0. The summed E-state index contributed by atoms with van der Waals surface area (Å²) in [5.41, 5.74) is 3.65. The number of nitrogens with zero attached hydrogens (tertiary/aromatic N) is 5. The van der Waals surface area contributed by atoms with E-state index in [9.17, 15) is 4.79 Å². The third-order valence-electron chi connectivity index (χ3n) is 6.01. The lowest BCUT2D eigenvalue weighted by atomic mass is 10.1. The van der Waals surface area contributed by atoms with Crippen LogP contribution in [0.5, 0.6) is 0 Å². The Morgan fingerprint density at radius 3 is 2.87 bits per heavy atom. The molecule has 1 aromatic carbocycles. The number of anilines is 1.